The molecule has 0 aliphatic carbocycles. The predicted molar refractivity (Wildman–Crippen MR) is 109 cm³/mol. The lowest BCUT2D eigenvalue weighted by atomic mass is 10.0. The van der Waals surface area contributed by atoms with E-state index in [9.17, 15) is 4.79 Å². The van der Waals surface area contributed by atoms with Crippen LogP contribution in [-0.4, -0.2) is 25.8 Å². The Balaban J connectivity index is 1.68. The topological polar surface area (TPSA) is 83.6 Å². The summed E-state index contributed by atoms with van der Waals surface area (Å²) in [6.45, 7) is 3.58. The summed E-state index contributed by atoms with van der Waals surface area (Å²) in [6, 6.07) is 13.9. The molecule has 140 valence electrons. The van der Waals surface area contributed by atoms with Gasteiger partial charge in [-0.1, -0.05) is 29.8 Å². The molecule has 6 heteroatoms. The Morgan fingerprint density at radius 2 is 1.96 bits per heavy atom. The van der Waals surface area contributed by atoms with Gasteiger partial charge in [-0.2, -0.15) is 0 Å². The van der Waals surface area contributed by atoms with E-state index in [2.05, 4.69) is 50.4 Å². The van der Waals surface area contributed by atoms with Crippen molar-refractivity contribution < 1.29 is 4.79 Å². The molecule has 6 nitrogen and oxygen atoms in total. The molecule has 4 rings (SSSR count). The first kappa shape index (κ1) is 17.9. The maximum atomic E-state index is 11.8. The summed E-state index contributed by atoms with van der Waals surface area (Å²) in [5, 5.41) is 3.00. The van der Waals surface area contributed by atoms with Crippen LogP contribution in [0, 0.1) is 6.92 Å². The molecule has 4 aromatic rings. The van der Waals surface area contributed by atoms with E-state index >= 15 is 0 Å². The van der Waals surface area contributed by atoms with Crippen LogP contribution in [0.5, 0.6) is 0 Å². The Bertz CT molecular complexity index is 1120. The fourth-order valence-electron chi connectivity index (χ4n) is 3.32. The van der Waals surface area contributed by atoms with Crippen LogP contribution in [0.15, 0.2) is 61.1 Å². The second kappa shape index (κ2) is 7.60. The van der Waals surface area contributed by atoms with Crippen molar-refractivity contribution in [3.63, 3.8) is 0 Å². The molecule has 1 amide bonds. The van der Waals surface area contributed by atoms with Crippen molar-refractivity contribution in [2.75, 3.05) is 0 Å². The predicted octanol–water partition coefficient (Wildman–Crippen LogP) is 3.75. The van der Waals surface area contributed by atoms with Gasteiger partial charge >= 0.3 is 0 Å². The summed E-state index contributed by atoms with van der Waals surface area (Å²) in [6.07, 6.45) is 5.97. The van der Waals surface area contributed by atoms with Gasteiger partial charge < -0.3 is 10.3 Å². The smallest absolute Gasteiger partial charge is 0.217 e. The van der Waals surface area contributed by atoms with E-state index in [4.69, 9.17) is 0 Å². The molecule has 0 saturated heterocycles. The van der Waals surface area contributed by atoms with E-state index in [-0.39, 0.29) is 11.9 Å². The minimum Gasteiger partial charge on any atom is -0.346 e. The summed E-state index contributed by atoms with van der Waals surface area (Å²) < 4.78 is 0. The molecular weight excluding hydrogens is 350 g/mol. The number of hydrogen-bond donors (Lipinski definition) is 2. The standard InChI is InChI=1S/C22H21N5O/c1-14-4-3-5-16(10-14)11-19(25-15(2)28)22-26-20-12-18(13-24-21(20)27-22)17-6-8-23-9-7-17/h3-10,12-13,19H,11H2,1-2H3,(H,25,28)(H,24,26,27)/t19-/m0/s1. The van der Waals surface area contributed by atoms with Crippen LogP contribution in [-0.2, 0) is 11.2 Å². The number of aromatic amines is 1. The zero-order chi connectivity index (χ0) is 19.5. The van der Waals surface area contributed by atoms with E-state index in [0.717, 1.165) is 22.2 Å². The van der Waals surface area contributed by atoms with Gasteiger partial charge in [0.2, 0.25) is 5.91 Å². The van der Waals surface area contributed by atoms with E-state index < -0.39 is 0 Å². The maximum absolute atomic E-state index is 11.8. The molecular formula is C22H21N5O. The number of fused-ring (bicyclic) bond motifs is 1. The number of pyridine rings is 2. The Hall–Kier alpha value is -3.54. The molecule has 2 N–H and O–H groups in total. The van der Waals surface area contributed by atoms with Crippen molar-refractivity contribution in [1.29, 1.82) is 0 Å². The van der Waals surface area contributed by atoms with Crippen molar-refractivity contribution in [3.05, 3.63) is 78.0 Å². The summed E-state index contributed by atoms with van der Waals surface area (Å²) in [5.74, 6) is 0.606. The maximum Gasteiger partial charge on any atom is 0.217 e. The van der Waals surface area contributed by atoms with E-state index in [0.29, 0.717) is 17.9 Å². The van der Waals surface area contributed by atoms with Gasteiger partial charge in [-0.25, -0.2) is 9.97 Å². The highest BCUT2D eigenvalue weighted by atomic mass is 16.1. The van der Waals surface area contributed by atoms with Gasteiger partial charge in [-0.3, -0.25) is 9.78 Å². The highest BCUT2D eigenvalue weighted by Crippen LogP contribution is 2.24. The highest BCUT2D eigenvalue weighted by molar-refractivity contribution is 5.78. The van der Waals surface area contributed by atoms with Gasteiger partial charge in [-0.15, -0.1) is 0 Å². The molecule has 0 unspecified atom stereocenters. The Morgan fingerprint density at radius 1 is 1.14 bits per heavy atom. The van der Waals surface area contributed by atoms with Gasteiger partial charge in [0.25, 0.3) is 0 Å². The number of carbonyl (C=O) groups is 1. The van der Waals surface area contributed by atoms with Gasteiger partial charge in [0.05, 0.1) is 11.6 Å². The fourth-order valence-corrected chi connectivity index (χ4v) is 3.32. The van der Waals surface area contributed by atoms with Gasteiger partial charge in [-0.05, 0) is 42.7 Å². The molecule has 0 aliphatic heterocycles. The first-order valence-electron chi connectivity index (χ1n) is 9.17. The van der Waals surface area contributed by atoms with Crippen LogP contribution in [0.25, 0.3) is 22.3 Å². The first-order chi connectivity index (χ1) is 13.6. The van der Waals surface area contributed by atoms with Crippen molar-refractivity contribution in [2.45, 2.75) is 26.3 Å². The monoisotopic (exact) mass is 371 g/mol. The highest BCUT2D eigenvalue weighted by Gasteiger charge is 2.18. The van der Waals surface area contributed by atoms with Crippen LogP contribution in [0.3, 0.4) is 0 Å². The zero-order valence-corrected chi connectivity index (χ0v) is 15.8. The lowest BCUT2D eigenvalue weighted by Gasteiger charge is -2.16. The lowest BCUT2D eigenvalue weighted by Crippen LogP contribution is -2.28. The van der Waals surface area contributed by atoms with E-state index in [1.807, 2.05) is 24.3 Å². The van der Waals surface area contributed by atoms with Gasteiger partial charge in [0.1, 0.15) is 5.82 Å². The molecule has 28 heavy (non-hydrogen) atoms. The van der Waals surface area contributed by atoms with Gasteiger partial charge in [0.15, 0.2) is 5.65 Å². The van der Waals surface area contributed by atoms with Crippen LogP contribution < -0.4 is 5.32 Å². The number of nitrogens with one attached hydrogen (secondary N) is 2. The fraction of sp³-hybridized carbons (Fsp3) is 0.182. The summed E-state index contributed by atoms with van der Waals surface area (Å²) in [4.78, 5) is 28.3. The molecule has 0 bridgehead atoms. The quantitative estimate of drug-likeness (QED) is 0.560. The van der Waals surface area contributed by atoms with Crippen LogP contribution in [0.1, 0.15) is 29.9 Å². The minimum absolute atomic E-state index is 0.0939. The van der Waals surface area contributed by atoms with E-state index in [1.54, 1.807) is 18.6 Å². The lowest BCUT2D eigenvalue weighted by molar-refractivity contribution is -0.119. The average molecular weight is 371 g/mol. The average Bonchev–Trinajstić information content (AvgIpc) is 3.11. The molecule has 3 heterocycles. The third-order valence-corrected chi connectivity index (χ3v) is 4.60. The van der Waals surface area contributed by atoms with Crippen LogP contribution >= 0.6 is 0 Å². The number of aryl methyl sites for hydroxylation is 1. The Kier molecular flexibility index (Phi) is 4.85. The molecule has 0 saturated carbocycles. The number of H-pyrrole nitrogens is 1. The Morgan fingerprint density at radius 3 is 2.71 bits per heavy atom. The Labute approximate surface area is 163 Å². The molecule has 1 aromatic carbocycles. The third-order valence-electron chi connectivity index (χ3n) is 4.60. The number of hydrogen-bond acceptors (Lipinski definition) is 4. The van der Waals surface area contributed by atoms with Gasteiger partial charge in [0, 0.05) is 31.1 Å². The van der Waals surface area contributed by atoms with Crippen molar-refractivity contribution >= 4 is 17.1 Å². The first-order valence-corrected chi connectivity index (χ1v) is 9.17. The SMILES string of the molecule is CC(=O)N[C@@H](Cc1cccc(C)c1)c1nc2ncc(-c3ccncc3)cc2[nH]1. The second-order valence-electron chi connectivity index (χ2n) is 6.90. The van der Waals surface area contributed by atoms with E-state index in [1.165, 1.54) is 12.5 Å². The minimum atomic E-state index is -0.252. The largest absolute Gasteiger partial charge is 0.346 e. The number of benzene rings is 1. The number of carbonyl (C=O) groups excluding carboxylic acids is 1. The molecule has 0 aliphatic rings. The summed E-state index contributed by atoms with van der Waals surface area (Å²) in [5.41, 5.74) is 5.83. The number of nitrogens with zero attached hydrogens (tertiary/aromatic N) is 3. The van der Waals surface area contributed by atoms with Crippen molar-refractivity contribution in [2.24, 2.45) is 0 Å². The van der Waals surface area contributed by atoms with Crippen molar-refractivity contribution in [3.8, 4) is 11.1 Å². The number of imidazole rings is 1. The van der Waals surface area contributed by atoms with Crippen LogP contribution in [0.2, 0.25) is 0 Å². The number of rotatable bonds is 5. The summed E-state index contributed by atoms with van der Waals surface area (Å²) >= 11 is 0. The molecule has 0 radical (unpaired) electrons. The molecule has 3 aromatic heterocycles. The summed E-state index contributed by atoms with van der Waals surface area (Å²) in [7, 11) is 0. The molecule has 1 atom stereocenters. The molecule has 0 fully saturated rings. The third kappa shape index (κ3) is 3.91. The zero-order valence-electron chi connectivity index (χ0n) is 15.8. The molecule has 0 spiro atoms. The van der Waals surface area contributed by atoms with Crippen LogP contribution in [0.4, 0.5) is 0 Å². The number of aromatic nitrogens is 4. The normalized spacial score (nSPS) is 12.1. The second-order valence-corrected chi connectivity index (χ2v) is 6.90. The number of amides is 1. The van der Waals surface area contributed by atoms with Crippen molar-refractivity contribution in [1.82, 2.24) is 25.3 Å².